The smallest absolute Gasteiger partial charge is 0.0914 e. The van der Waals surface area contributed by atoms with Gasteiger partial charge in [0.1, 0.15) is 0 Å². The van der Waals surface area contributed by atoms with E-state index in [0.29, 0.717) is 6.54 Å². The van der Waals surface area contributed by atoms with Crippen LogP contribution in [0.3, 0.4) is 0 Å². The molecule has 2 N–H and O–H groups in total. The maximum Gasteiger partial charge on any atom is 0.0914 e. The zero-order valence-corrected chi connectivity index (χ0v) is 13.5. The second-order valence-electron chi connectivity index (χ2n) is 5.12. The number of aliphatic hydroxyl groups is 1. The molecule has 2 rings (SSSR count). The van der Waals surface area contributed by atoms with Crippen LogP contribution in [0.1, 0.15) is 18.6 Å². The fraction of sp³-hybridized carbons (Fsp3) is 0.600. The molecule has 1 saturated heterocycles. The van der Waals surface area contributed by atoms with Crippen molar-refractivity contribution < 1.29 is 9.84 Å². The average Bonchev–Trinajstić information content (AvgIpc) is 2.47. The summed E-state index contributed by atoms with van der Waals surface area (Å²) in [6.45, 7) is 7.36. The molecule has 0 aliphatic carbocycles. The molecule has 1 aliphatic rings. The lowest BCUT2D eigenvalue weighted by Crippen LogP contribution is -2.46. The number of hydrogen-bond donors (Lipinski definition) is 2. The summed E-state index contributed by atoms with van der Waals surface area (Å²) in [5.41, 5.74) is 0.923. The number of nitrogens with one attached hydrogen (secondary N) is 1. The fourth-order valence-corrected chi connectivity index (χ4v) is 2.82. The third-order valence-electron chi connectivity index (χ3n) is 3.61. The molecule has 1 aromatic carbocycles. The van der Waals surface area contributed by atoms with Gasteiger partial charge in [0.05, 0.1) is 18.8 Å². The lowest BCUT2D eigenvalue weighted by Gasteiger charge is -2.32. The van der Waals surface area contributed by atoms with E-state index in [1.807, 2.05) is 24.3 Å². The van der Waals surface area contributed by atoms with Crippen LogP contribution in [-0.2, 0) is 4.74 Å². The Hall–Kier alpha value is -0.460. The number of likely N-dealkylation sites (N-methyl/N-ethyl adjacent to an activating group) is 1. The lowest BCUT2D eigenvalue weighted by atomic mass is 10.1. The van der Waals surface area contributed by atoms with Gasteiger partial charge in [-0.25, -0.2) is 0 Å². The first kappa shape index (κ1) is 15.9. The van der Waals surface area contributed by atoms with E-state index in [2.05, 4.69) is 33.1 Å². The van der Waals surface area contributed by atoms with Crippen molar-refractivity contribution in [1.82, 2.24) is 10.2 Å². The Kier molecular flexibility index (Phi) is 6.45. The first-order chi connectivity index (χ1) is 9.69. The summed E-state index contributed by atoms with van der Waals surface area (Å²) in [6.07, 6.45) is -0.267. The summed E-state index contributed by atoms with van der Waals surface area (Å²) in [6, 6.07) is 7.78. The van der Waals surface area contributed by atoms with Crippen molar-refractivity contribution in [2.75, 3.05) is 39.3 Å². The minimum Gasteiger partial charge on any atom is -0.387 e. The van der Waals surface area contributed by atoms with Crippen molar-refractivity contribution in [3.05, 3.63) is 34.3 Å². The van der Waals surface area contributed by atoms with Gasteiger partial charge in [0.15, 0.2) is 0 Å². The molecule has 1 aromatic rings. The Morgan fingerprint density at radius 3 is 3.15 bits per heavy atom. The van der Waals surface area contributed by atoms with Gasteiger partial charge in [0, 0.05) is 30.7 Å². The number of rotatable bonds is 6. The summed E-state index contributed by atoms with van der Waals surface area (Å²) in [7, 11) is 0. The molecule has 1 heterocycles. The van der Waals surface area contributed by atoms with E-state index in [1.54, 1.807) is 0 Å². The Morgan fingerprint density at radius 2 is 2.40 bits per heavy atom. The number of halogens is 1. The van der Waals surface area contributed by atoms with Crippen LogP contribution in [0.4, 0.5) is 0 Å². The average molecular weight is 343 g/mol. The second kappa shape index (κ2) is 8.10. The largest absolute Gasteiger partial charge is 0.387 e. The van der Waals surface area contributed by atoms with Crippen molar-refractivity contribution >= 4 is 15.9 Å². The monoisotopic (exact) mass is 342 g/mol. The number of hydrogen-bond acceptors (Lipinski definition) is 4. The zero-order chi connectivity index (χ0) is 14.4. The standard InChI is InChI=1S/C15H23BrN2O2/c1-2-18-6-7-20-14(11-18)9-17-10-15(19)12-4-3-5-13(16)8-12/h3-5,8,14-15,17,19H,2,6-7,9-11H2,1H3. The molecule has 0 bridgehead atoms. The van der Waals surface area contributed by atoms with Crippen LogP contribution in [0, 0.1) is 0 Å². The van der Waals surface area contributed by atoms with Crippen LogP contribution in [0.25, 0.3) is 0 Å². The van der Waals surface area contributed by atoms with Crippen molar-refractivity contribution in [1.29, 1.82) is 0 Å². The van der Waals surface area contributed by atoms with Gasteiger partial charge in [-0.15, -0.1) is 0 Å². The first-order valence-corrected chi connectivity index (χ1v) is 7.96. The summed E-state index contributed by atoms with van der Waals surface area (Å²) < 4.78 is 6.71. The molecule has 0 amide bonds. The van der Waals surface area contributed by atoms with E-state index < -0.39 is 6.10 Å². The molecule has 1 fully saturated rings. The Morgan fingerprint density at radius 1 is 1.55 bits per heavy atom. The van der Waals surface area contributed by atoms with E-state index in [9.17, 15) is 5.11 Å². The van der Waals surface area contributed by atoms with Gasteiger partial charge in [-0.3, -0.25) is 4.90 Å². The van der Waals surface area contributed by atoms with Gasteiger partial charge in [-0.2, -0.15) is 0 Å². The number of morpholine rings is 1. The predicted octanol–water partition coefficient (Wildman–Crippen LogP) is 1.79. The van der Waals surface area contributed by atoms with Gasteiger partial charge in [0.2, 0.25) is 0 Å². The third-order valence-corrected chi connectivity index (χ3v) is 4.11. The maximum absolute atomic E-state index is 10.1. The van der Waals surface area contributed by atoms with Gasteiger partial charge >= 0.3 is 0 Å². The van der Waals surface area contributed by atoms with E-state index in [1.165, 1.54) is 0 Å². The molecule has 0 radical (unpaired) electrons. The maximum atomic E-state index is 10.1. The minimum absolute atomic E-state index is 0.221. The molecule has 1 aliphatic heterocycles. The fourth-order valence-electron chi connectivity index (χ4n) is 2.40. The number of benzene rings is 1. The summed E-state index contributed by atoms with van der Waals surface area (Å²) in [5, 5.41) is 13.4. The second-order valence-corrected chi connectivity index (χ2v) is 6.03. The highest BCUT2D eigenvalue weighted by molar-refractivity contribution is 9.10. The van der Waals surface area contributed by atoms with Crippen LogP contribution in [-0.4, -0.2) is 55.4 Å². The van der Waals surface area contributed by atoms with Crippen LogP contribution >= 0.6 is 15.9 Å². The normalized spacial score (nSPS) is 21.9. The molecular formula is C15H23BrN2O2. The van der Waals surface area contributed by atoms with Crippen molar-refractivity contribution in [2.24, 2.45) is 0 Å². The molecule has 5 heteroatoms. The Bertz CT molecular complexity index is 417. The molecular weight excluding hydrogens is 320 g/mol. The summed E-state index contributed by atoms with van der Waals surface area (Å²) in [5.74, 6) is 0. The number of aliphatic hydroxyl groups excluding tert-OH is 1. The topological polar surface area (TPSA) is 44.7 Å². The number of ether oxygens (including phenoxy) is 1. The van der Waals surface area contributed by atoms with Crippen LogP contribution in [0.2, 0.25) is 0 Å². The molecule has 4 nitrogen and oxygen atoms in total. The van der Waals surface area contributed by atoms with Gasteiger partial charge in [-0.05, 0) is 24.2 Å². The predicted molar refractivity (Wildman–Crippen MR) is 83.8 cm³/mol. The van der Waals surface area contributed by atoms with E-state index in [0.717, 1.165) is 42.8 Å². The Labute approximate surface area is 129 Å². The van der Waals surface area contributed by atoms with E-state index in [-0.39, 0.29) is 6.10 Å². The van der Waals surface area contributed by atoms with E-state index >= 15 is 0 Å². The van der Waals surface area contributed by atoms with Crippen molar-refractivity contribution in [2.45, 2.75) is 19.1 Å². The van der Waals surface area contributed by atoms with E-state index in [4.69, 9.17) is 4.74 Å². The molecule has 2 atom stereocenters. The third kappa shape index (κ3) is 4.82. The molecule has 0 aromatic heterocycles. The van der Waals surface area contributed by atoms with Crippen LogP contribution in [0.5, 0.6) is 0 Å². The van der Waals surface area contributed by atoms with Crippen molar-refractivity contribution in [3.63, 3.8) is 0 Å². The van der Waals surface area contributed by atoms with Gasteiger partial charge in [0.25, 0.3) is 0 Å². The first-order valence-electron chi connectivity index (χ1n) is 7.17. The van der Waals surface area contributed by atoms with Crippen LogP contribution < -0.4 is 5.32 Å². The highest BCUT2D eigenvalue weighted by Crippen LogP contribution is 2.17. The summed E-state index contributed by atoms with van der Waals surface area (Å²) >= 11 is 3.42. The quantitative estimate of drug-likeness (QED) is 0.827. The molecule has 0 spiro atoms. The SMILES string of the molecule is CCN1CCOC(CNCC(O)c2cccc(Br)c2)C1. The molecule has 0 saturated carbocycles. The molecule has 2 unspecified atom stereocenters. The highest BCUT2D eigenvalue weighted by atomic mass is 79.9. The van der Waals surface area contributed by atoms with Crippen LogP contribution in [0.15, 0.2) is 28.7 Å². The zero-order valence-electron chi connectivity index (χ0n) is 11.9. The number of nitrogens with zero attached hydrogens (tertiary/aromatic N) is 1. The Balaban J connectivity index is 1.72. The molecule has 20 heavy (non-hydrogen) atoms. The molecule has 112 valence electrons. The van der Waals surface area contributed by atoms with Crippen molar-refractivity contribution in [3.8, 4) is 0 Å². The van der Waals surface area contributed by atoms with Gasteiger partial charge in [-0.1, -0.05) is 35.0 Å². The lowest BCUT2D eigenvalue weighted by molar-refractivity contribution is -0.0262. The van der Waals surface area contributed by atoms with Gasteiger partial charge < -0.3 is 15.2 Å². The highest BCUT2D eigenvalue weighted by Gasteiger charge is 2.19. The summed E-state index contributed by atoms with van der Waals surface area (Å²) in [4.78, 5) is 2.39. The minimum atomic E-state index is -0.488.